The molecule has 2 rings (SSSR count). The SMILES string of the molecule is CCOCc1nc(Cl)cc(N(C)CC2CCN(C)C2)n1. The second kappa shape index (κ2) is 7.20. The highest BCUT2D eigenvalue weighted by Crippen LogP contribution is 2.20. The highest BCUT2D eigenvalue weighted by Gasteiger charge is 2.21. The lowest BCUT2D eigenvalue weighted by Gasteiger charge is -2.22. The Bertz CT molecular complexity index is 443. The minimum Gasteiger partial charge on any atom is -0.374 e. The highest BCUT2D eigenvalue weighted by atomic mass is 35.5. The van der Waals surface area contributed by atoms with E-state index in [1.165, 1.54) is 13.0 Å². The fourth-order valence-corrected chi connectivity index (χ4v) is 2.76. The molecule has 1 aromatic rings. The standard InChI is InChI=1S/C14H23ClN4O/c1-4-20-10-13-16-12(15)7-14(17-13)19(3)9-11-5-6-18(2)8-11/h7,11H,4-6,8-10H2,1-3H3. The van der Waals surface area contributed by atoms with Gasteiger partial charge in [0.25, 0.3) is 0 Å². The van der Waals surface area contributed by atoms with Gasteiger partial charge in [0.15, 0.2) is 5.82 Å². The number of ether oxygens (including phenoxy) is 1. The fourth-order valence-electron chi connectivity index (χ4n) is 2.56. The number of hydrogen-bond donors (Lipinski definition) is 0. The van der Waals surface area contributed by atoms with Gasteiger partial charge in [0.05, 0.1) is 0 Å². The molecule has 0 amide bonds. The average molecular weight is 299 g/mol. The summed E-state index contributed by atoms with van der Waals surface area (Å²) < 4.78 is 5.35. The highest BCUT2D eigenvalue weighted by molar-refractivity contribution is 6.29. The molecule has 0 bridgehead atoms. The van der Waals surface area contributed by atoms with Crippen molar-refractivity contribution >= 4 is 17.4 Å². The van der Waals surface area contributed by atoms with Crippen molar-refractivity contribution in [2.24, 2.45) is 5.92 Å². The van der Waals surface area contributed by atoms with E-state index in [1.807, 2.05) is 13.0 Å². The number of aromatic nitrogens is 2. The van der Waals surface area contributed by atoms with E-state index in [1.54, 1.807) is 0 Å². The van der Waals surface area contributed by atoms with Crippen molar-refractivity contribution in [1.82, 2.24) is 14.9 Å². The molecule has 1 atom stereocenters. The molecule has 5 nitrogen and oxygen atoms in total. The Hall–Kier alpha value is -0.910. The molecule has 0 N–H and O–H groups in total. The summed E-state index contributed by atoms with van der Waals surface area (Å²) in [5.74, 6) is 2.20. The first-order valence-corrected chi connectivity index (χ1v) is 7.47. The number of anilines is 1. The predicted octanol–water partition coefficient (Wildman–Crippen LogP) is 2.05. The largest absolute Gasteiger partial charge is 0.374 e. The third kappa shape index (κ3) is 4.30. The molecule has 1 aliphatic heterocycles. The smallest absolute Gasteiger partial charge is 0.158 e. The molecule has 0 saturated carbocycles. The summed E-state index contributed by atoms with van der Waals surface area (Å²) in [4.78, 5) is 13.2. The molecule has 0 aromatic carbocycles. The molecule has 112 valence electrons. The Morgan fingerprint density at radius 2 is 2.30 bits per heavy atom. The van der Waals surface area contributed by atoms with E-state index in [-0.39, 0.29) is 0 Å². The topological polar surface area (TPSA) is 41.5 Å². The molecule has 1 unspecified atom stereocenters. The minimum absolute atomic E-state index is 0.407. The van der Waals surface area contributed by atoms with Crippen LogP contribution < -0.4 is 4.90 Å². The van der Waals surface area contributed by atoms with Gasteiger partial charge < -0.3 is 14.5 Å². The molecule has 1 saturated heterocycles. The van der Waals surface area contributed by atoms with E-state index in [9.17, 15) is 0 Å². The molecular formula is C14H23ClN4O. The number of nitrogens with zero attached hydrogens (tertiary/aromatic N) is 4. The van der Waals surface area contributed by atoms with Crippen LogP contribution in [0.25, 0.3) is 0 Å². The Morgan fingerprint density at radius 1 is 1.50 bits per heavy atom. The lowest BCUT2D eigenvalue weighted by molar-refractivity contribution is 0.128. The van der Waals surface area contributed by atoms with Crippen LogP contribution >= 0.6 is 11.6 Å². The Balaban J connectivity index is 2.01. The predicted molar refractivity (Wildman–Crippen MR) is 81.2 cm³/mol. The van der Waals surface area contributed by atoms with Crippen molar-refractivity contribution in [2.75, 3.05) is 45.2 Å². The lowest BCUT2D eigenvalue weighted by Crippen LogP contribution is -2.28. The summed E-state index contributed by atoms with van der Waals surface area (Å²) in [5, 5.41) is 0.472. The zero-order valence-electron chi connectivity index (χ0n) is 12.5. The Labute approximate surface area is 125 Å². The van der Waals surface area contributed by atoms with Gasteiger partial charge in [0, 0.05) is 32.8 Å². The maximum absolute atomic E-state index is 6.07. The van der Waals surface area contributed by atoms with Crippen molar-refractivity contribution in [3.05, 3.63) is 17.0 Å². The van der Waals surface area contributed by atoms with Crippen LogP contribution in [0.5, 0.6) is 0 Å². The molecule has 2 heterocycles. The Kier molecular flexibility index (Phi) is 5.57. The van der Waals surface area contributed by atoms with Gasteiger partial charge in [0.1, 0.15) is 17.6 Å². The van der Waals surface area contributed by atoms with Crippen LogP contribution in [-0.4, -0.2) is 55.2 Å². The van der Waals surface area contributed by atoms with Gasteiger partial charge in [-0.05, 0) is 32.9 Å². The molecule has 0 spiro atoms. The normalized spacial score (nSPS) is 19.5. The maximum Gasteiger partial charge on any atom is 0.158 e. The first-order chi connectivity index (χ1) is 9.58. The lowest BCUT2D eigenvalue weighted by atomic mass is 10.1. The molecule has 1 aromatic heterocycles. The average Bonchev–Trinajstić information content (AvgIpc) is 2.81. The van der Waals surface area contributed by atoms with E-state index in [2.05, 4.69) is 33.9 Å². The van der Waals surface area contributed by atoms with E-state index in [0.29, 0.717) is 30.1 Å². The summed E-state index contributed by atoms with van der Waals surface area (Å²) in [6.45, 7) is 6.33. The summed E-state index contributed by atoms with van der Waals surface area (Å²) in [7, 11) is 4.23. The van der Waals surface area contributed by atoms with Crippen LogP contribution in [0.1, 0.15) is 19.2 Å². The molecule has 6 heteroatoms. The summed E-state index contributed by atoms with van der Waals surface area (Å²) in [6.07, 6.45) is 1.24. The summed E-state index contributed by atoms with van der Waals surface area (Å²) >= 11 is 6.07. The van der Waals surface area contributed by atoms with Crippen molar-refractivity contribution in [3.8, 4) is 0 Å². The summed E-state index contributed by atoms with van der Waals surface area (Å²) in [5.41, 5.74) is 0. The molecular weight excluding hydrogens is 276 g/mol. The van der Waals surface area contributed by atoms with E-state index in [4.69, 9.17) is 16.3 Å². The van der Waals surface area contributed by atoms with Crippen molar-refractivity contribution in [3.63, 3.8) is 0 Å². The van der Waals surface area contributed by atoms with Gasteiger partial charge in [-0.1, -0.05) is 11.6 Å². The quantitative estimate of drug-likeness (QED) is 0.752. The monoisotopic (exact) mass is 298 g/mol. The van der Waals surface area contributed by atoms with Gasteiger partial charge in [-0.3, -0.25) is 0 Å². The van der Waals surface area contributed by atoms with Gasteiger partial charge in [-0.2, -0.15) is 0 Å². The number of hydrogen-bond acceptors (Lipinski definition) is 5. The first kappa shape index (κ1) is 15.5. The van der Waals surface area contributed by atoms with E-state index in [0.717, 1.165) is 18.9 Å². The van der Waals surface area contributed by atoms with Crippen molar-refractivity contribution in [1.29, 1.82) is 0 Å². The second-order valence-corrected chi connectivity index (χ2v) is 5.79. The van der Waals surface area contributed by atoms with Crippen molar-refractivity contribution in [2.45, 2.75) is 20.0 Å². The van der Waals surface area contributed by atoms with Crippen LogP contribution in [0.4, 0.5) is 5.82 Å². The number of likely N-dealkylation sites (tertiary alicyclic amines) is 1. The first-order valence-electron chi connectivity index (χ1n) is 7.09. The number of halogens is 1. The third-order valence-electron chi connectivity index (χ3n) is 3.58. The Morgan fingerprint density at radius 3 is 2.95 bits per heavy atom. The van der Waals surface area contributed by atoms with Gasteiger partial charge in [0.2, 0.25) is 0 Å². The molecule has 20 heavy (non-hydrogen) atoms. The van der Waals surface area contributed by atoms with Gasteiger partial charge >= 0.3 is 0 Å². The fraction of sp³-hybridized carbons (Fsp3) is 0.714. The minimum atomic E-state index is 0.407. The van der Waals surface area contributed by atoms with E-state index < -0.39 is 0 Å². The molecule has 1 fully saturated rings. The number of rotatable bonds is 6. The van der Waals surface area contributed by atoms with Crippen LogP contribution in [-0.2, 0) is 11.3 Å². The molecule has 0 radical (unpaired) electrons. The van der Waals surface area contributed by atoms with Gasteiger partial charge in [-0.15, -0.1) is 0 Å². The van der Waals surface area contributed by atoms with Gasteiger partial charge in [-0.25, -0.2) is 9.97 Å². The zero-order chi connectivity index (χ0) is 14.5. The second-order valence-electron chi connectivity index (χ2n) is 5.40. The van der Waals surface area contributed by atoms with E-state index >= 15 is 0 Å². The van der Waals surface area contributed by atoms with Crippen LogP contribution in [0, 0.1) is 5.92 Å². The van der Waals surface area contributed by atoms with Crippen molar-refractivity contribution < 1.29 is 4.74 Å². The maximum atomic E-state index is 6.07. The summed E-state index contributed by atoms with van der Waals surface area (Å²) in [6, 6.07) is 1.82. The van der Waals surface area contributed by atoms with Crippen LogP contribution in [0.2, 0.25) is 5.15 Å². The molecule has 1 aliphatic rings. The third-order valence-corrected chi connectivity index (χ3v) is 3.77. The zero-order valence-corrected chi connectivity index (χ0v) is 13.2. The molecule has 0 aliphatic carbocycles. The van der Waals surface area contributed by atoms with Crippen LogP contribution in [0.3, 0.4) is 0 Å². The van der Waals surface area contributed by atoms with Crippen LogP contribution in [0.15, 0.2) is 6.07 Å².